The second-order valence-corrected chi connectivity index (χ2v) is 4.98. The Bertz CT molecular complexity index is 169. The molecule has 0 bridgehead atoms. The summed E-state index contributed by atoms with van der Waals surface area (Å²) in [7, 11) is 0. The smallest absolute Gasteiger partial charge is 0.0448 e. The van der Waals surface area contributed by atoms with Gasteiger partial charge in [-0.2, -0.15) is 0 Å². The fourth-order valence-corrected chi connectivity index (χ4v) is 2.13. The Kier molecular flexibility index (Phi) is 5.58. The molecule has 0 radical (unpaired) electrons. The van der Waals surface area contributed by atoms with Gasteiger partial charge >= 0.3 is 0 Å². The lowest BCUT2D eigenvalue weighted by Gasteiger charge is -2.32. The summed E-state index contributed by atoms with van der Waals surface area (Å²) in [4.78, 5) is 0. The molecular weight excluding hydrogens is 188 g/mol. The van der Waals surface area contributed by atoms with Crippen LogP contribution in [0.5, 0.6) is 0 Å². The molecule has 0 aliphatic carbocycles. The zero-order valence-corrected chi connectivity index (χ0v) is 10.2. The predicted octanol–water partition coefficient (Wildman–Crippen LogP) is 1.13. The Morgan fingerprint density at radius 3 is 2.87 bits per heavy atom. The van der Waals surface area contributed by atoms with E-state index in [1.165, 1.54) is 19.4 Å². The van der Waals surface area contributed by atoms with Crippen molar-refractivity contribution < 1.29 is 5.11 Å². The van der Waals surface area contributed by atoms with Crippen molar-refractivity contribution in [2.24, 2.45) is 5.92 Å². The van der Waals surface area contributed by atoms with Crippen LogP contribution in [-0.2, 0) is 0 Å². The second-order valence-electron chi connectivity index (χ2n) is 4.98. The van der Waals surface area contributed by atoms with Crippen molar-refractivity contribution in [1.82, 2.24) is 10.6 Å². The maximum atomic E-state index is 9.02. The highest BCUT2D eigenvalue weighted by atomic mass is 16.3. The highest BCUT2D eigenvalue weighted by Gasteiger charge is 2.22. The van der Waals surface area contributed by atoms with E-state index in [2.05, 4.69) is 24.5 Å². The molecule has 90 valence electrons. The summed E-state index contributed by atoms with van der Waals surface area (Å²) < 4.78 is 0. The SMILES string of the molecule is CCC(C)(CCO)NCC1CCCNC1. The van der Waals surface area contributed by atoms with Crippen molar-refractivity contribution >= 4 is 0 Å². The van der Waals surface area contributed by atoms with E-state index in [1.54, 1.807) is 0 Å². The van der Waals surface area contributed by atoms with Crippen molar-refractivity contribution in [1.29, 1.82) is 0 Å². The second kappa shape index (κ2) is 6.46. The fourth-order valence-electron chi connectivity index (χ4n) is 2.13. The summed E-state index contributed by atoms with van der Waals surface area (Å²) in [6.45, 7) is 8.07. The number of hydrogen-bond donors (Lipinski definition) is 3. The Morgan fingerprint density at radius 1 is 1.53 bits per heavy atom. The van der Waals surface area contributed by atoms with Crippen molar-refractivity contribution in [2.75, 3.05) is 26.2 Å². The van der Waals surface area contributed by atoms with Gasteiger partial charge in [0.2, 0.25) is 0 Å². The highest BCUT2D eigenvalue weighted by molar-refractivity contribution is 4.83. The number of rotatable bonds is 6. The van der Waals surface area contributed by atoms with E-state index in [1.807, 2.05) is 0 Å². The van der Waals surface area contributed by atoms with Crippen molar-refractivity contribution in [3.05, 3.63) is 0 Å². The molecule has 1 aliphatic rings. The van der Waals surface area contributed by atoms with Gasteiger partial charge in [0.25, 0.3) is 0 Å². The van der Waals surface area contributed by atoms with Gasteiger partial charge in [0.1, 0.15) is 0 Å². The van der Waals surface area contributed by atoms with Gasteiger partial charge in [-0.3, -0.25) is 0 Å². The minimum Gasteiger partial charge on any atom is -0.396 e. The molecule has 0 spiro atoms. The number of piperidine rings is 1. The molecule has 0 aromatic rings. The molecule has 2 atom stereocenters. The largest absolute Gasteiger partial charge is 0.396 e. The minimum atomic E-state index is 0.117. The fraction of sp³-hybridized carbons (Fsp3) is 1.00. The van der Waals surface area contributed by atoms with Gasteiger partial charge in [-0.05, 0) is 58.2 Å². The Balaban J connectivity index is 2.25. The third kappa shape index (κ3) is 4.49. The van der Waals surface area contributed by atoms with Gasteiger partial charge in [0.15, 0.2) is 0 Å². The van der Waals surface area contributed by atoms with E-state index in [-0.39, 0.29) is 12.1 Å². The molecule has 1 aliphatic heterocycles. The number of nitrogens with one attached hydrogen (secondary N) is 2. The molecule has 0 amide bonds. The molecule has 1 rings (SSSR count). The first kappa shape index (κ1) is 12.9. The topological polar surface area (TPSA) is 44.3 Å². The van der Waals surface area contributed by atoms with Crippen LogP contribution in [0.2, 0.25) is 0 Å². The van der Waals surface area contributed by atoms with Crippen molar-refractivity contribution in [3.63, 3.8) is 0 Å². The molecule has 1 heterocycles. The zero-order valence-electron chi connectivity index (χ0n) is 10.2. The first-order valence-electron chi connectivity index (χ1n) is 6.27. The molecule has 0 aromatic heterocycles. The highest BCUT2D eigenvalue weighted by Crippen LogP contribution is 2.16. The number of aliphatic hydroxyl groups is 1. The molecular formula is C12H26N2O. The summed E-state index contributed by atoms with van der Waals surface area (Å²) in [6.07, 6.45) is 4.56. The lowest BCUT2D eigenvalue weighted by molar-refractivity contribution is 0.204. The van der Waals surface area contributed by atoms with Gasteiger partial charge in [-0.15, -0.1) is 0 Å². The third-order valence-electron chi connectivity index (χ3n) is 3.66. The summed E-state index contributed by atoms with van der Waals surface area (Å²) in [5.41, 5.74) is 0.117. The molecule has 3 heteroatoms. The van der Waals surface area contributed by atoms with Crippen LogP contribution in [0.4, 0.5) is 0 Å². The number of hydrogen-bond acceptors (Lipinski definition) is 3. The van der Waals surface area contributed by atoms with E-state index in [4.69, 9.17) is 5.11 Å². The summed E-state index contributed by atoms with van der Waals surface area (Å²) >= 11 is 0. The zero-order chi connectivity index (χ0) is 11.1. The first-order chi connectivity index (χ1) is 7.20. The van der Waals surface area contributed by atoms with Crippen LogP contribution in [0.25, 0.3) is 0 Å². The summed E-state index contributed by atoms with van der Waals surface area (Å²) in [6, 6.07) is 0. The number of aliphatic hydroxyl groups excluding tert-OH is 1. The van der Waals surface area contributed by atoms with Crippen LogP contribution in [0.3, 0.4) is 0 Å². The van der Waals surface area contributed by atoms with Gasteiger partial charge < -0.3 is 15.7 Å². The average Bonchev–Trinajstić information content (AvgIpc) is 2.28. The molecule has 3 nitrogen and oxygen atoms in total. The molecule has 1 saturated heterocycles. The predicted molar refractivity (Wildman–Crippen MR) is 64.0 cm³/mol. The van der Waals surface area contributed by atoms with Crippen molar-refractivity contribution in [2.45, 2.75) is 45.1 Å². The Morgan fingerprint density at radius 2 is 2.33 bits per heavy atom. The molecule has 0 saturated carbocycles. The van der Waals surface area contributed by atoms with Gasteiger partial charge in [0, 0.05) is 12.1 Å². The van der Waals surface area contributed by atoms with Crippen LogP contribution in [-0.4, -0.2) is 36.9 Å². The lowest BCUT2D eigenvalue weighted by Crippen LogP contribution is -2.47. The standard InChI is InChI=1S/C12H26N2O/c1-3-12(2,6-8-15)14-10-11-5-4-7-13-9-11/h11,13-15H,3-10H2,1-2H3. The van der Waals surface area contributed by atoms with Crippen molar-refractivity contribution in [3.8, 4) is 0 Å². The first-order valence-corrected chi connectivity index (χ1v) is 6.27. The average molecular weight is 214 g/mol. The Labute approximate surface area is 93.6 Å². The van der Waals surface area contributed by atoms with E-state index in [9.17, 15) is 0 Å². The van der Waals surface area contributed by atoms with Crippen LogP contribution in [0.1, 0.15) is 39.5 Å². The van der Waals surface area contributed by atoms with E-state index in [0.29, 0.717) is 0 Å². The van der Waals surface area contributed by atoms with Gasteiger partial charge in [0.05, 0.1) is 0 Å². The monoisotopic (exact) mass is 214 g/mol. The van der Waals surface area contributed by atoms with Crippen LogP contribution < -0.4 is 10.6 Å². The normalized spacial score (nSPS) is 26.2. The molecule has 2 unspecified atom stereocenters. The molecule has 3 N–H and O–H groups in total. The molecule has 15 heavy (non-hydrogen) atoms. The van der Waals surface area contributed by atoms with E-state index in [0.717, 1.165) is 31.8 Å². The quantitative estimate of drug-likeness (QED) is 0.621. The maximum absolute atomic E-state index is 9.02. The van der Waals surface area contributed by atoms with Crippen LogP contribution in [0, 0.1) is 5.92 Å². The van der Waals surface area contributed by atoms with E-state index < -0.39 is 0 Å². The third-order valence-corrected chi connectivity index (χ3v) is 3.66. The minimum absolute atomic E-state index is 0.117. The Hall–Kier alpha value is -0.120. The molecule has 1 fully saturated rings. The van der Waals surface area contributed by atoms with Crippen LogP contribution in [0.15, 0.2) is 0 Å². The summed E-state index contributed by atoms with van der Waals surface area (Å²) in [5, 5.41) is 16.1. The van der Waals surface area contributed by atoms with E-state index >= 15 is 0 Å². The maximum Gasteiger partial charge on any atom is 0.0448 e. The molecule has 0 aromatic carbocycles. The lowest BCUT2D eigenvalue weighted by atomic mass is 9.92. The van der Waals surface area contributed by atoms with Gasteiger partial charge in [-0.25, -0.2) is 0 Å². The summed E-state index contributed by atoms with van der Waals surface area (Å²) in [5.74, 6) is 0.767. The van der Waals surface area contributed by atoms with Gasteiger partial charge in [-0.1, -0.05) is 6.92 Å². The van der Waals surface area contributed by atoms with Crippen LogP contribution >= 0.6 is 0 Å².